The summed E-state index contributed by atoms with van der Waals surface area (Å²) in [5.74, 6) is 1.44. The van der Waals surface area contributed by atoms with Crippen molar-refractivity contribution in [3.05, 3.63) is 67.3 Å². The molecule has 6 heteroatoms. The Labute approximate surface area is 138 Å². The zero-order chi connectivity index (χ0) is 16.4. The Kier molecular flexibility index (Phi) is 3.55. The molecule has 0 unspecified atom stereocenters. The maximum Gasteiger partial charge on any atom is 0.149 e. The van der Waals surface area contributed by atoms with Crippen LogP contribution < -0.4 is 10.1 Å². The van der Waals surface area contributed by atoms with E-state index in [0.29, 0.717) is 5.82 Å². The van der Waals surface area contributed by atoms with Crippen LogP contribution in [0.5, 0.6) is 5.75 Å². The average Bonchev–Trinajstić information content (AvgIpc) is 3.06. The van der Waals surface area contributed by atoms with Gasteiger partial charge in [-0.2, -0.15) is 0 Å². The Balaban J connectivity index is 1.68. The van der Waals surface area contributed by atoms with Gasteiger partial charge >= 0.3 is 0 Å². The summed E-state index contributed by atoms with van der Waals surface area (Å²) in [6, 6.07) is 13.5. The van der Waals surface area contributed by atoms with Crippen molar-refractivity contribution in [1.82, 2.24) is 19.4 Å². The highest BCUT2D eigenvalue weighted by Crippen LogP contribution is 2.23. The molecular weight excluding hydrogens is 302 g/mol. The van der Waals surface area contributed by atoms with Crippen molar-refractivity contribution in [2.24, 2.45) is 0 Å². The first-order chi connectivity index (χ1) is 11.8. The number of hydrogen-bond donors (Lipinski definition) is 1. The van der Waals surface area contributed by atoms with Crippen molar-refractivity contribution in [3.8, 4) is 17.1 Å². The van der Waals surface area contributed by atoms with Crippen LogP contribution in [0, 0.1) is 0 Å². The predicted octanol–water partition coefficient (Wildman–Crippen LogP) is 3.54. The number of anilines is 2. The lowest BCUT2D eigenvalue weighted by Gasteiger charge is -2.08. The molecule has 118 valence electrons. The molecule has 0 spiro atoms. The molecule has 24 heavy (non-hydrogen) atoms. The third-order valence-electron chi connectivity index (χ3n) is 3.66. The molecule has 0 aliphatic rings. The molecule has 3 aromatic heterocycles. The zero-order valence-electron chi connectivity index (χ0n) is 13.0. The summed E-state index contributed by atoms with van der Waals surface area (Å²) in [5.41, 5.74) is 3.41. The number of aromatic nitrogens is 4. The summed E-state index contributed by atoms with van der Waals surface area (Å²) in [5, 5.41) is 3.25. The molecule has 1 N–H and O–H groups in total. The van der Waals surface area contributed by atoms with Crippen molar-refractivity contribution in [2.75, 3.05) is 12.4 Å². The van der Waals surface area contributed by atoms with Crippen molar-refractivity contribution in [3.63, 3.8) is 0 Å². The molecule has 0 radical (unpaired) electrons. The third kappa shape index (κ3) is 2.65. The molecule has 6 nitrogen and oxygen atoms in total. The van der Waals surface area contributed by atoms with Gasteiger partial charge in [0.25, 0.3) is 0 Å². The van der Waals surface area contributed by atoms with Crippen LogP contribution in [-0.4, -0.2) is 26.5 Å². The van der Waals surface area contributed by atoms with Gasteiger partial charge in [0.15, 0.2) is 0 Å². The summed E-state index contributed by atoms with van der Waals surface area (Å²) >= 11 is 0. The molecule has 1 aromatic carbocycles. The van der Waals surface area contributed by atoms with Gasteiger partial charge in [-0.05, 0) is 24.3 Å². The Morgan fingerprint density at radius 3 is 2.92 bits per heavy atom. The topological polar surface area (TPSA) is 64.3 Å². The minimum atomic E-state index is 0.659. The van der Waals surface area contributed by atoms with E-state index in [0.717, 1.165) is 28.5 Å². The first kappa shape index (κ1) is 14.2. The Hall–Kier alpha value is -3.41. The van der Waals surface area contributed by atoms with Gasteiger partial charge in [0, 0.05) is 18.0 Å². The molecule has 0 amide bonds. The van der Waals surface area contributed by atoms with Crippen LogP contribution >= 0.6 is 0 Å². The zero-order valence-corrected chi connectivity index (χ0v) is 13.0. The van der Waals surface area contributed by atoms with Gasteiger partial charge in [-0.1, -0.05) is 12.1 Å². The number of pyridine rings is 1. The minimum absolute atomic E-state index is 0.659. The van der Waals surface area contributed by atoms with Crippen molar-refractivity contribution in [2.45, 2.75) is 0 Å². The van der Waals surface area contributed by atoms with E-state index in [1.165, 1.54) is 0 Å². The van der Waals surface area contributed by atoms with E-state index in [4.69, 9.17) is 4.74 Å². The van der Waals surface area contributed by atoms with Crippen molar-refractivity contribution < 1.29 is 4.74 Å². The molecule has 0 aliphatic carbocycles. The lowest BCUT2D eigenvalue weighted by molar-refractivity contribution is 0.415. The second kappa shape index (κ2) is 6.00. The summed E-state index contributed by atoms with van der Waals surface area (Å²) in [4.78, 5) is 13.3. The minimum Gasteiger partial charge on any atom is -0.497 e. The monoisotopic (exact) mass is 317 g/mol. The molecule has 0 atom stereocenters. The fourth-order valence-corrected chi connectivity index (χ4v) is 2.52. The maximum atomic E-state index is 5.24. The summed E-state index contributed by atoms with van der Waals surface area (Å²) < 4.78 is 7.22. The van der Waals surface area contributed by atoms with Gasteiger partial charge < -0.3 is 10.1 Å². The lowest BCUT2D eigenvalue weighted by atomic mass is 10.3. The lowest BCUT2D eigenvalue weighted by Crippen LogP contribution is -1.98. The fourth-order valence-electron chi connectivity index (χ4n) is 2.52. The van der Waals surface area contributed by atoms with E-state index in [2.05, 4.69) is 20.3 Å². The fraction of sp³-hybridized carbons (Fsp3) is 0.0556. The van der Waals surface area contributed by atoms with Crippen LogP contribution in [0.4, 0.5) is 11.5 Å². The van der Waals surface area contributed by atoms with Crippen LogP contribution in [-0.2, 0) is 0 Å². The summed E-state index contributed by atoms with van der Waals surface area (Å²) in [7, 11) is 1.64. The quantitative estimate of drug-likeness (QED) is 0.623. The van der Waals surface area contributed by atoms with E-state index in [-0.39, 0.29) is 0 Å². The van der Waals surface area contributed by atoms with Crippen LogP contribution in [0.25, 0.3) is 17.0 Å². The molecule has 0 saturated carbocycles. The van der Waals surface area contributed by atoms with E-state index < -0.39 is 0 Å². The largest absolute Gasteiger partial charge is 0.497 e. The van der Waals surface area contributed by atoms with Gasteiger partial charge in [-0.3, -0.25) is 9.38 Å². The summed E-state index contributed by atoms with van der Waals surface area (Å²) in [6.45, 7) is 0. The number of rotatable bonds is 4. The van der Waals surface area contributed by atoms with E-state index in [1.54, 1.807) is 25.7 Å². The van der Waals surface area contributed by atoms with Crippen LogP contribution in [0.3, 0.4) is 0 Å². The van der Waals surface area contributed by atoms with E-state index in [1.807, 2.05) is 53.1 Å². The highest BCUT2D eigenvalue weighted by atomic mass is 16.5. The van der Waals surface area contributed by atoms with Gasteiger partial charge in [-0.25, -0.2) is 9.97 Å². The van der Waals surface area contributed by atoms with Crippen molar-refractivity contribution in [1.29, 1.82) is 0 Å². The number of nitrogens with one attached hydrogen (secondary N) is 1. The van der Waals surface area contributed by atoms with Crippen LogP contribution in [0.2, 0.25) is 0 Å². The SMILES string of the molecule is COc1cccc(Nc2cncc(-c3cnc4ccccn34)n2)c1. The molecule has 0 bridgehead atoms. The average molecular weight is 317 g/mol. The van der Waals surface area contributed by atoms with Gasteiger partial charge in [0.05, 0.1) is 31.4 Å². The number of benzene rings is 1. The number of imidazole rings is 1. The second-order valence-electron chi connectivity index (χ2n) is 5.22. The number of methoxy groups -OCH3 is 1. The normalized spacial score (nSPS) is 10.7. The van der Waals surface area contributed by atoms with E-state index >= 15 is 0 Å². The Morgan fingerprint density at radius 1 is 1.04 bits per heavy atom. The first-order valence-electron chi connectivity index (χ1n) is 7.49. The standard InChI is InChI=1S/C18H15N5O/c1-24-14-6-4-5-13(9-14)21-17-12-19-10-15(22-17)16-11-20-18-7-2-3-8-23(16)18/h2-12H,1H3,(H,21,22). The molecule has 0 aliphatic heterocycles. The predicted molar refractivity (Wildman–Crippen MR) is 92.5 cm³/mol. The molecule has 4 aromatic rings. The molecule has 4 rings (SSSR count). The molecule has 3 heterocycles. The number of nitrogens with zero attached hydrogens (tertiary/aromatic N) is 4. The molecule has 0 saturated heterocycles. The van der Waals surface area contributed by atoms with E-state index in [9.17, 15) is 0 Å². The second-order valence-corrected chi connectivity index (χ2v) is 5.22. The van der Waals surface area contributed by atoms with Crippen molar-refractivity contribution >= 4 is 17.2 Å². The highest BCUT2D eigenvalue weighted by molar-refractivity contribution is 5.63. The summed E-state index contributed by atoms with van der Waals surface area (Å²) in [6.07, 6.45) is 7.18. The van der Waals surface area contributed by atoms with Crippen LogP contribution in [0.1, 0.15) is 0 Å². The van der Waals surface area contributed by atoms with Crippen LogP contribution in [0.15, 0.2) is 67.3 Å². The van der Waals surface area contributed by atoms with Gasteiger partial charge in [0.2, 0.25) is 0 Å². The number of fused-ring (bicyclic) bond motifs is 1. The highest BCUT2D eigenvalue weighted by Gasteiger charge is 2.08. The Bertz CT molecular complexity index is 995. The third-order valence-corrected chi connectivity index (χ3v) is 3.66. The Morgan fingerprint density at radius 2 is 2.00 bits per heavy atom. The number of ether oxygens (including phenoxy) is 1. The first-order valence-corrected chi connectivity index (χ1v) is 7.49. The smallest absolute Gasteiger partial charge is 0.149 e. The maximum absolute atomic E-state index is 5.24. The van der Waals surface area contributed by atoms with Gasteiger partial charge in [-0.15, -0.1) is 0 Å². The molecule has 0 fully saturated rings. The molecular formula is C18H15N5O. The van der Waals surface area contributed by atoms with Gasteiger partial charge in [0.1, 0.15) is 22.9 Å². The number of hydrogen-bond acceptors (Lipinski definition) is 5.